The van der Waals surface area contributed by atoms with E-state index in [1.54, 1.807) is 0 Å². The molecule has 21 heavy (non-hydrogen) atoms. The maximum atomic E-state index is 11.9. The van der Waals surface area contributed by atoms with E-state index in [1.165, 1.54) is 0 Å². The number of anilines is 1. The summed E-state index contributed by atoms with van der Waals surface area (Å²) in [5.74, 6) is -0.981. The number of nitrogens with zero attached hydrogens (tertiary/aromatic N) is 1. The van der Waals surface area contributed by atoms with E-state index in [9.17, 15) is 9.59 Å². The molecule has 1 fully saturated rings. The Morgan fingerprint density at radius 3 is 2.52 bits per heavy atom. The van der Waals surface area contributed by atoms with Crippen LogP contribution in [0.3, 0.4) is 0 Å². The summed E-state index contributed by atoms with van der Waals surface area (Å²) in [5, 5.41) is 11.4. The first-order valence-electron chi connectivity index (χ1n) is 7.04. The van der Waals surface area contributed by atoms with E-state index in [0.29, 0.717) is 6.54 Å². The number of benzene rings is 1. The average molecular weight is 292 g/mol. The highest BCUT2D eigenvalue weighted by atomic mass is 16.5. The molecule has 0 spiro atoms. The number of nitrogens with one attached hydrogen (secondary N) is 1. The second-order valence-corrected chi connectivity index (χ2v) is 5.09. The molecule has 0 bridgehead atoms. The predicted molar refractivity (Wildman–Crippen MR) is 78.1 cm³/mol. The number of piperidine rings is 1. The Hall–Kier alpha value is -1.92. The smallest absolute Gasteiger partial charge is 0.329 e. The van der Waals surface area contributed by atoms with Crippen LogP contribution < -0.4 is 5.32 Å². The highest BCUT2D eigenvalue weighted by Crippen LogP contribution is 2.13. The first kappa shape index (κ1) is 15.5. The fourth-order valence-corrected chi connectivity index (χ4v) is 2.35. The monoisotopic (exact) mass is 292 g/mol. The van der Waals surface area contributed by atoms with Gasteiger partial charge in [0.15, 0.2) is 0 Å². The van der Waals surface area contributed by atoms with Crippen molar-refractivity contribution in [3.63, 3.8) is 0 Å². The molecule has 1 saturated heterocycles. The van der Waals surface area contributed by atoms with E-state index in [-0.39, 0.29) is 18.6 Å². The topological polar surface area (TPSA) is 78.9 Å². The van der Waals surface area contributed by atoms with Gasteiger partial charge in [0.25, 0.3) is 0 Å². The number of hydrogen-bond donors (Lipinski definition) is 2. The number of carbonyl (C=O) groups is 2. The summed E-state index contributed by atoms with van der Waals surface area (Å²) in [4.78, 5) is 24.4. The van der Waals surface area contributed by atoms with Crippen LogP contribution in [0, 0.1) is 0 Å². The van der Waals surface area contributed by atoms with Gasteiger partial charge in [0.2, 0.25) is 5.91 Å². The number of carboxylic acid groups (broad SMARTS) is 1. The van der Waals surface area contributed by atoms with E-state index in [0.717, 1.165) is 31.6 Å². The second kappa shape index (κ2) is 7.75. The van der Waals surface area contributed by atoms with Crippen molar-refractivity contribution in [3.8, 4) is 0 Å². The van der Waals surface area contributed by atoms with Crippen molar-refractivity contribution in [2.45, 2.75) is 18.9 Å². The number of carbonyl (C=O) groups excluding carboxylic acids is 1. The SMILES string of the molecule is O=C(O)COC1CCN(CC(=O)Nc2ccccc2)CC1. The van der Waals surface area contributed by atoms with Crippen molar-refractivity contribution in [3.05, 3.63) is 30.3 Å². The van der Waals surface area contributed by atoms with E-state index < -0.39 is 5.97 Å². The van der Waals surface area contributed by atoms with Gasteiger partial charge in [-0.3, -0.25) is 9.69 Å². The maximum Gasteiger partial charge on any atom is 0.329 e. The summed E-state index contributed by atoms with van der Waals surface area (Å²) in [6, 6.07) is 9.35. The molecule has 1 aliphatic rings. The summed E-state index contributed by atoms with van der Waals surface area (Å²) >= 11 is 0. The number of rotatable bonds is 6. The number of para-hydroxylation sites is 1. The van der Waals surface area contributed by atoms with Crippen LogP contribution in [0.1, 0.15) is 12.8 Å². The van der Waals surface area contributed by atoms with Crippen LogP contribution in [0.25, 0.3) is 0 Å². The molecule has 1 aliphatic heterocycles. The van der Waals surface area contributed by atoms with Crippen LogP contribution >= 0.6 is 0 Å². The number of carboxylic acids is 1. The lowest BCUT2D eigenvalue weighted by Crippen LogP contribution is -2.41. The lowest BCUT2D eigenvalue weighted by molar-refractivity contribution is -0.145. The van der Waals surface area contributed by atoms with Crippen molar-refractivity contribution in [2.75, 3.05) is 31.6 Å². The molecule has 114 valence electrons. The van der Waals surface area contributed by atoms with Crippen LogP contribution in [0.15, 0.2) is 30.3 Å². The molecule has 1 aromatic rings. The molecule has 1 heterocycles. The highest BCUT2D eigenvalue weighted by Gasteiger charge is 2.21. The summed E-state index contributed by atoms with van der Waals surface area (Å²) in [7, 11) is 0. The molecule has 6 nitrogen and oxygen atoms in total. The Morgan fingerprint density at radius 1 is 1.24 bits per heavy atom. The second-order valence-electron chi connectivity index (χ2n) is 5.09. The number of aliphatic carboxylic acids is 1. The molecule has 0 radical (unpaired) electrons. The molecule has 0 unspecified atom stereocenters. The lowest BCUT2D eigenvalue weighted by Gasteiger charge is -2.31. The zero-order valence-corrected chi connectivity index (χ0v) is 11.8. The number of amides is 1. The largest absolute Gasteiger partial charge is 0.480 e. The third kappa shape index (κ3) is 5.53. The van der Waals surface area contributed by atoms with Gasteiger partial charge >= 0.3 is 5.97 Å². The van der Waals surface area contributed by atoms with Crippen molar-refractivity contribution in [1.82, 2.24) is 4.90 Å². The third-order valence-electron chi connectivity index (χ3n) is 3.40. The first-order chi connectivity index (χ1) is 10.1. The standard InChI is InChI=1S/C15H20N2O4/c18-14(16-12-4-2-1-3-5-12)10-17-8-6-13(7-9-17)21-11-15(19)20/h1-5,13H,6-11H2,(H,16,18)(H,19,20). The summed E-state index contributed by atoms with van der Waals surface area (Å²) in [6.07, 6.45) is 1.49. The Balaban J connectivity index is 1.68. The van der Waals surface area contributed by atoms with E-state index in [1.807, 2.05) is 30.3 Å². The van der Waals surface area contributed by atoms with Crippen molar-refractivity contribution >= 4 is 17.6 Å². The van der Waals surface area contributed by atoms with Gasteiger partial charge in [-0.25, -0.2) is 4.79 Å². The van der Waals surface area contributed by atoms with E-state index in [4.69, 9.17) is 9.84 Å². The molecule has 6 heteroatoms. The molecule has 2 N–H and O–H groups in total. The van der Waals surface area contributed by atoms with Crippen LogP contribution in [0.4, 0.5) is 5.69 Å². The number of ether oxygens (including phenoxy) is 1. The average Bonchev–Trinajstić information content (AvgIpc) is 2.47. The fourth-order valence-electron chi connectivity index (χ4n) is 2.35. The Bertz CT molecular complexity index is 470. The molecule has 2 rings (SSSR count). The minimum atomic E-state index is -0.945. The Morgan fingerprint density at radius 2 is 1.90 bits per heavy atom. The quantitative estimate of drug-likeness (QED) is 0.823. The van der Waals surface area contributed by atoms with Gasteiger partial charge in [-0.05, 0) is 25.0 Å². The van der Waals surface area contributed by atoms with Crippen LogP contribution in [0.5, 0.6) is 0 Å². The van der Waals surface area contributed by atoms with Gasteiger partial charge in [-0.15, -0.1) is 0 Å². The van der Waals surface area contributed by atoms with Gasteiger partial charge in [0.1, 0.15) is 6.61 Å². The summed E-state index contributed by atoms with van der Waals surface area (Å²) in [5.41, 5.74) is 0.794. The molecule has 0 aliphatic carbocycles. The van der Waals surface area contributed by atoms with E-state index >= 15 is 0 Å². The maximum absolute atomic E-state index is 11.9. The molecule has 1 amide bonds. The van der Waals surface area contributed by atoms with Crippen LogP contribution in [-0.2, 0) is 14.3 Å². The van der Waals surface area contributed by atoms with Gasteiger partial charge in [-0.2, -0.15) is 0 Å². The molecule has 0 atom stereocenters. The zero-order chi connectivity index (χ0) is 15.1. The van der Waals surface area contributed by atoms with Crippen molar-refractivity contribution < 1.29 is 19.4 Å². The van der Waals surface area contributed by atoms with Crippen LogP contribution in [-0.4, -0.2) is 54.2 Å². The minimum Gasteiger partial charge on any atom is -0.480 e. The zero-order valence-electron chi connectivity index (χ0n) is 11.8. The van der Waals surface area contributed by atoms with Gasteiger partial charge in [0.05, 0.1) is 12.6 Å². The molecular formula is C15H20N2O4. The molecular weight excluding hydrogens is 272 g/mol. The Kier molecular flexibility index (Phi) is 5.71. The van der Waals surface area contributed by atoms with Crippen LogP contribution in [0.2, 0.25) is 0 Å². The van der Waals surface area contributed by atoms with Gasteiger partial charge < -0.3 is 15.2 Å². The number of likely N-dealkylation sites (tertiary alicyclic amines) is 1. The summed E-state index contributed by atoms with van der Waals surface area (Å²) in [6.45, 7) is 1.58. The normalized spacial score (nSPS) is 16.6. The van der Waals surface area contributed by atoms with Crippen molar-refractivity contribution in [2.24, 2.45) is 0 Å². The third-order valence-corrected chi connectivity index (χ3v) is 3.40. The number of hydrogen-bond acceptors (Lipinski definition) is 4. The lowest BCUT2D eigenvalue weighted by atomic mass is 10.1. The van der Waals surface area contributed by atoms with Gasteiger partial charge in [-0.1, -0.05) is 18.2 Å². The molecule has 0 aromatic heterocycles. The Labute approximate surface area is 123 Å². The molecule has 0 saturated carbocycles. The van der Waals surface area contributed by atoms with Crippen molar-refractivity contribution in [1.29, 1.82) is 0 Å². The minimum absolute atomic E-state index is 0.0189. The van der Waals surface area contributed by atoms with E-state index in [2.05, 4.69) is 10.2 Å². The van der Waals surface area contributed by atoms with Gasteiger partial charge in [0, 0.05) is 18.8 Å². The fraction of sp³-hybridized carbons (Fsp3) is 0.467. The summed E-state index contributed by atoms with van der Waals surface area (Å²) < 4.78 is 5.27. The predicted octanol–water partition coefficient (Wildman–Crippen LogP) is 1.19. The molecule has 1 aromatic carbocycles. The highest BCUT2D eigenvalue weighted by molar-refractivity contribution is 5.92. The first-order valence-corrected chi connectivity index (χ1v) is 7.04.